The summed E-state index contributed by atoms with van der Waals surface area (Å²) in [6.45, 7) is 1.93. The van der Waals surface area contributed by atoms with Crippen LogP contribution >= 0.6 is 11.8 Å². The van der Waals surface area contributed by atoms with Crippen molar-refractivity contribution in [3.8, 4) is 11.5 Å². The highest BCUT2D eigenvalue weighted by Gasteiger charge is 2.13. The molecule has 1 atom stereocenters. The molecule has 3 rings (SSSR count). The first kappa shape index (κ1) is 17.2. The lowest BCUT2D eigenvalue weighted by molar-refractivity contribution is -0.119. The minimum Gasteiger partial charge on any atom is -0.411 e. The van der Waals surface area contributed by atoms with E-state index in [0.717, 1.165) is 17.3 Å². The number of amides is 1. The van der Waals surface area contributed by atoms with Crippen LogP contribution in [0.3, 0.4) is 0 Å². The van der Waals surface area contributed by atoms with E-state index in [1.54, 1.807) is 12.1 Å². The molecule has 1 N–H and O–H groups in total. The Hall–Kier alpha value is -2.67. The number of benzene rings is 2. The van der Waals surface area contributed by atoms with Gasteiger partial charge < -0.3 is 9.73 Å². The van der Waals surface area contributed by atoms with E-state index in [0.29, 0.717) is 16.7 Å². The largest absolute Gasteiger partial charge is 0.411 e. The lowest BCUT2D eigenvalue weighted by atomic mass is 10.1. The van der Waals surface area contributed by atoms with Crippen LogP contribution in [0.15, 0.2) is 64.2 Å². The highest BCUT2D eigenvalue weighted by molar-refractivity contribution is 7.99. The Balaban J connectivity index is 1.53. The topological polar surface area (TPSA) is 68.0 Å². The second-order valence-corrected chi connectivity index (χ2v) is 6.30. The molecule has 7 heteroatoms. The van der Waals surface area contributed by atoms with E-state index in [4.69, 9.17) is 4.42 Å². The van der Waals surface area contributed by atoms with Gasteiger partial charge in [0.15, 0.2) is 0 Å². The molecular weight excluding hydrogens is 341 g/mol. The van der Waals surface area contributed by atoms with Gasteiger partial charge in [-0.3, -0.25) is 4.79 Å². The molecular formula is C18H16FN3O2S. The van der Waals surface area contributed by atoms with Crippen LogP contribution in [0.1, 0.15) is 18.5 Å². The Bertz CT molecular complexity index is 837. The first-order valence-corrected chi connectivity index (χ1v) is 8.67. The number of hydrogen-bond donors (Lipinski definition) is 1. The molecule has 0 spiro atoms. The quantitative estimate of drug-likeness (QED) is 0.679. The standard InChI is InChI=1S/C18H16FN3O2S/c1-12(13-5-3-2-4-6-13)20-16(23)11-25-18-22-21-17(24-18)14-7-9-15(19)10-8-14/h2-10,12H,11H2,1H3,(H,20,23)/t12-/m0/s1. The van der Waals surface area contributed by atoms with Gasteiger partial charge in [0.05, 0.1) is 11.8 Å². The van der Waals surface area contributed by atoms with Crippen LogP contribution in [0, 0.1) is 5.82 Å². The van der Waals surface area contributed by atoms with Crippen LogP contribution in [0.5, 0.6) is 0 Å². The van der Waals surface area contributed by atoms with Gasteiger partial charge in [0.2, 0.25) is 11.8 Å². The van der Waals surface area contributed by atoms with E-state index in [2.05, 4.69) is 15.5 Å². The average molecular weight is 357 g/mol. The summed E-state index contributed by atoms with van der Waals surface area (Å²) in [7, 11) is 0. The molecule has 1 amide bonds. The molecule has 0 saturated carbocycles. The number of hydrogen-bond acceptors (Lipinski definition) is 5. The van der Waals surface area contributed by atoms with Crippen molar-refractivity contribution in [2.75, 3.05) is 5.75 Å². The summed E-state index contributed by atoms with van der Waals surface area (Å²) in [5.74, 6) is 0.00732. The van der Waals surface area contributed by atoms with Gasteiger partial charge in [0.25, 0.3) is 5.22 Å². The van der Waals surface area contributed by atoms with Crippen LogP contribution in [0.25, 0.3) is 11.5 Å². The van der Waals surface area contributed by atoms with Gasteiger partial charge in [-0.1, -0.05) is 42.1 Å². The van der Waals surface area contributed by atoms with Gasteiger partial charge >= 0.3 is 0 Å². The van der Waals surface area contributed by atoms with E-state index in [1.165, 1.54) is 12.1 Å². The number of carbonyl (C=O) groups excluding carboxylic acids is 1. The fourth-order valence-corrected chi connectivity index (χ4v) is 2.79. The van der Waals surface area contributed by atoms with Crippen molar-refractivity contribution in [3.63, 3.8) is 0 Å². The summed E-state index contributed by atoms with van der Waals surface area (Å²) in [4.78, 5) is 12.1. The van der Waals surface area contributed by atoms with Crippen molar-refractivity contribution < 1.29 is 13.6 Å². The summed E-state index contributed by atoms with van der Waals surface area (Å²) in [6.07, 6.45) is 0. The highest BCUT2D eigenvalue weighted by Crippen LogP contribution is 2.23. The van der Waals surface area contributed by atoms with E-state index >= 15 is 0 Å². The van der Waals surface area contributed by atoms with E-state index in [9.17, 15) is 9.18 Å². The molecule has 1 aromatic heterocycles. The van der Waals surface area contributed by atoms with Crippen LogP contribution in [-0.4, -0.2) is 21.9 Å². The fourth-order valence-electron chi connectivity index (χ4n) is 2.21. The molecule has 5 nitrogen and oxygen atoms in total. The maximum Gasteiger partial charge on any atom is 0.277 e. The molecule has 0 aliphatic rings. The van der Waals surface area contributed by atoms with Crippen molar-refractivity contribution in [1.29, 1.82) is 0 Å². The third-order valence-corrected chi connectivity index (χ3v) is 4.32. The van der Waals surface area contributed by atoms with Crippen molar-refractivity contribution >= 4 is 17.7 Å². The molecule has 0 fully saturated rings. The molecule has 2 aromatic carbocycles. The molecule has 0 bridgehead atoms. The monoisotopic (exact) mass is 357 g/mol. The van der Waals surface area contributed by atoms with Gasteiger partial charge in [-0.25, -0.2) is 4.39 Å². The van der Waals surface area contributed by atoms with Gasteiger partial charge in [0.1, 0.15) is 5.82 Å². The molecule has 0 unspecified atom stereocenters. The summed E-state index contributed by atoms with van der Waals surface area (Å²) >= 11 is 1.16. The normalized spacial score (nSPS) is 11.9. The predicted molar refractivity (Wildman–Crippen MR) is 93.4 cm³/mol. The zero-order valence-electron chi connectivity index (χ0n) is 13.5. The van der Waals surface area contributed by atoms with Gasteiger partial charge in [-0.05, 0) is 36.8 Å². The minimum atomic E-state index is -0.331. The Morgan fingerprint density at radius 2 is 1.88 bits per heavy atom. The number of carbonyl (C=O) groups is 1. The Kier molecular flexibility index (Phi) is 5.45. The Labute approximate surface area is 148 Å². The van der Waals surface area contributed by atoms with Gasteiger partial charge in [0, 0.05) is 5.56 Å². The predicted octanol–water partition coefficient (Wildman–Crippen LogP) is 3.85. The van der Waals surface area contributed by atoms with Crippen LogP contribution in [-0.2, 0) is 4.79 Å². The summed E-state index contributed by atoms with van der Waals surface area (Å²) in [5.41, 5.74) is 1.67. The lowest BCUT2D eigenvalue weighted by Gasteiger charge is -2.13. The number of nitrogens with one attached hydrogen (secondary N) is 1. The zero-order valence-corrected chi connectivity index (χ0v) is 14.3. The second-order valence-electron chi connectivity index (χ2n) is 5.37. The molecule has 0 saturated heterocycles. The molecule has 0 aliphatic carbocycles. The smallest absolute Gasteiger partial charge is 0.277 e. The maximum atomic E-state index is 12.9. The SMILES string of the molecule is C[C@H](NC(=O)CSc1nnc(-c2ccc(F)cc2)o1)c1ccccc1. The highest BCUT2D eigenvalue weighted by atomic mass is 32.2. The van der Waals surface area contributed by atoms with Gasteiger partial charge in [-0.2, -0.15) is 0 Å². The molecule has 0 aliphatic heterocycles. The number of nitrogens with zero attached hydrogens (tertiary/aromatic N) is 2. The number of rotatable bonds is 6. The van der Waals surface area contributed by atoms with Crippen molar-refractivity contribution in [3.05, 3.63) is 66.0 Å². The molecule has 128 valence electrons. The third kappa shape index (κ3) is 4.67. The second kappa shape index (κ2) is 7.94. The number of thioether (sulfide) groups is 1. The van der Waals surface area contributed by atoms with Gasteiger partial charge in [-0.15, -0.1) is 10.2 Å². The maximum absolute atomic E-state index is 12.9. The first-order valence-electron chi connectivity index (χ1n) is 7.68. The lowest BCUT2D eigenvalue weighted by Crippen LogP contribution is -2.28. The van der Waals surface area contributed by atoms with Crippen molar-refractivity contribution in [2.45, 2.75) is 18.2 Å². The van der Waals surface area contributed by atoms with Crippen molar-refractivity contribution in [1.82, 2.24) is 15.5 Å². The third-order valence-electron chi connectivity index (χ3n) is 3.50. The summed E-state index contributed by atoms with van der Waals surface area (Å²) in [5, 5.41) is 11.0. The van der Waals surface area contributed by atoms with E-state index < -0.39 is 0 Å². The van der Waals surface area contributed by atoms with E-state index in [-0.39, 0.29) is 23.5 Å². The van der Waals surface area contributed by atoms with Crippen molar-refractivity contribution in [2.24, 2.45) is 0 Å². The molecule has 25 heavy (non-hydrogen) atoms. The number of aromatic nitrogens is 2. The van der Waals surface area contributed by atoms with E-state index in [1.807, 2.05) is 37.3 Å². The minimum absolute atomic E-state index is 0.0771. The zero-order chi connectivity index (χ0) is 17.6. The Morgan fingerprint density at radius 3 is 2.60 bits per heavy atom. The average Bonchev–Trinajstić information content (AvgIpc) is 3.10. The molecule has 1 heterocycles. The van der Waals surface area contributed by atoms with Crippen LogP contribution in [0.4, 0.5) is 4.39 Å². The number of halogens is 1. The summed E-state index contributed by atoms with van der Waals surface area (Å²) < 4.78 is 18.4. The molecule has 0 radical (unpaired) electrons. The fraction of sp³-hybridized carbons (Fsp3) is 0.167. The van der Waals surface area contributed by atoms with Crippen LogP contribution < -0.4 is 5.32 Å². The Morgan fingerprint density at radius 1 is 1.16 bits per heavy atom. The first-order chi connectivity index (χ1) is 12.1. The van der Waals surface area contributed by atoms with Crippen LogP contribution in [0.2, 0.25) is 0 Å². The molecule has 3 aromatic rings. The summed E-state index contributed by atoms with van der Waals surface area (Å²) in [6, 6.07) is 15.4.